The molecule has 6 rings (SSSR count). The van der Waals surface area contributed by atoms with Crippen molar-refractivity contribution in [2.24, 2.45) is 0 Å². The van der Waals surface area contributed by atoms with Crippen LogP contribution in [0.4, 0.5) is 11.6 Å². The lowest BCUT2D eigenvalue weighted by Crippen LogP contribution is -2.31. The number of amides is 1. The normalized spacial score (nSPS) is 16.9. The van der Waals surface area contributed by atoms with Crippen LogP contribution < -0.4 is 20.1 Å². The van der Waals surface area contributed by atoms with Crippen LogP contribution in [0.5, 0.6) is 11.5 Å². The number of hydrogen-bond acceptors (Lipinski definition) is 5. The first-order valence-electron chi connectivity index (χ1n) is 11.8. The molecule has 1 aromatic heterocycles. The predicted octanol–water partition coefficient (Wildman–Crippen LogP) is 5.43. The molecule has 0 aliphatic carbocycles. The van der Waals surface area contributed by atoms with Crippen LogP contribution >= 0.6 is 0 Å². The van der Waals surface area contributed by atoms with E-state index in [4.69, 9.17) is 14.5 Å². The van der Waals surface area contributed by atoms with Crippen LogP contribution in [0.1, 0.15) is 30.5 Å². The molecule has 3 heterocycles. The van der Waals surface area contributed by atoms with Crippen LogP contribution in [0.25, 0.3) is 11.0 Å². The number of aryl methyl sites for hydroxylation is 1. The number of ether oxygens (including phenoxy) is 2. The van der Waals surface area contributed by atoms with Gasteiger partial charge in [-0.1, -0.05) is 36.4 Å². The van der Waals surface area contributed by atoms with Gasteiger partial charge in [-0.3, -0.25) is 9.36 Å². The molecule has 1 atom stereocenters. The summed E-state index contributed by atoms with van der Waals surface area (Å²) in [4.78, 5) is 18.6. The van der Waals surface area contributed by atoms with Crippen LogP contribution in [-0.4, -0.2) is 28.7 Å². The average molecular weight is 467 g/mol. The Morgan fingerprint density at radius 1 is 1.00 bits per heavy atom. The Bertz CT molecular complexity index is 1490. The maximum Gasteiger partial charge on any atom is 0.255 e. The molecule has 7 nitrogen and oxygen atoms in total. The molecule has 1 unspecified atom stereocenters. The Morgan fingerprint density at radius 2 is 1.77 bits per heavy atom. The molecule has 0 saturated heterocycles. The number of fused-ring (bicyclic) bond motifs is 4. The summed E-state index contributed by atoms with van der Waals surface area (Å²) in [5, 5.41) is 6.49. The Labute approximate surface area is 203 Å². The highest BCUT2D eigenvalue weighted by atomic mass is 16.5. The van der Waals surface area contributed by atoms with Crippen molar-refractivity contribution in [1.29, 1.82) is 0 Å². The maximum absolute atomic E-state index is 13.8. The molecule has 2 aliphatic rings. The second-order valence-electron chi connectivity index (χ2n) is 8.89. The van der Waals surface area contributed by atoms with Gasteiger partial charge in [0, 0.05) is 17.8 Å². The standard InChI is InChI=1S/C28H26N4O3/c1-17-8-3-4-9-20(17)30-27(33)25-18(2)29-28-31-21-10-5-6-11-22(21)32(28)26(25)19-12-13-23-24(16-19)35-15-7-14-34-23/h3-6,8-13,16,26H,7,14-15H2,1-2H3,(H,29,31)(H,30,33). The third-order valence-corrected chi connectivity index (χ3v) is 6.56. The average Bonchev–Trinajstić information content (AvgIpc) is 3.05. The monoisotopic (exact) mass is 466 g/mol. The Kier molecular flexibility index (Phi) is 5.17. The van der Waals surface area contributed by atoms with Crippen LogP contribution in [0.2, 0.25) is 0 Å². The van der Waals surface area contributed by atoms with Gasteiger partial charge in [0.05, 0.1) is 35.9 Å². The zero-order valence-corrected chi connectivity index (χ0v) is 19.7. The number of carbonyl (C=O) groups is 1. The van der Waals surface area contributed by atoms with Gasteiger partial charge in [-0.2, -0.15) is 0 Å². The summed E-state index contributed by atoms with van der Waals surface area (Å²) in [6, 6.07) is 21.3. The van der Waals surface area contributed by atoms with E-state index in [1.165, 1.54) is 0 Å². The smallest absolute Gasteiger partial charge is 0.255 e. The predicted molar refractivity (Wildman–Crippen MR) is 136 cm³/mol. The van der Waals surface area contributed by atoms with Crippen molar-refractivity contribution in [2.45, 2.75) is 26.3 Å². The van der Waals surface area contributed by atoms with Crippen LogP contribution in [0, 0.1) is 6.92 Å². The third kappa shape index (κ3) is 3.69. The Morgan fingerprint density at radius 3 is 2.63 bits per heavy atom. The zero-order valence-electron chi connectivity index (χ0n) is 19.7. The van der Waals surface area contributed by atoms with Crippen molar-refractivity contribution in [3.05, 3.63) is 89.1 Å². The first-order valence-corrected chi connectivity index (χ1v) is 11.8. The highest BCUT2D eigenvalue weighted by Crippen LogP contribution is 2.42. The van der Waals surface area contributed by atoms with E-state index in [9.17, 15) is 4.79 Å². The van der Waals surface area contributed by atoms with Crippen molar-refractivity contribution in [1.82, 2.24) is 9.55 Å². The van der Waals surface area contributed by atoms with Crippen molar-refractivity contribution >= 4 is 28.6 Å². The topological polar surface area (TPSA) is 77.4 Å². The van der Waals surface area contributed by atoms with E-state index < -0.39 is 6.04 Å². The van der Waals surface area contributed by atoms with Gasteiger partial charge in [0.15, 0.2) is 11.5 Å². The molecule has 2 aliphatic heterocycles. The number of benzene rings is 3. The number of carbonyl (C=O) groups excluding carboxylic acids is 1. The highest BCUT2D eigenvalue weighted by Gasteiger charge is 2.35. The fourth-order valence-corrected chi connectivity index (χ4v) is 4.83. The van der Waals surface area contributed by atoms with Gasteiger partial charge < -0.3 is 20.1 Å². The van der Waals surface area contributed by atoms with Gasteiger partial charge in [0.1, 0.15) is 0 Å². The molecule has 1 amide bonds. The van der Waals surface area contributed by atoms with Crippen molar-refractivity contribution in [3.63, 3.8) is 0 Å². The lowest BCUT2D eigenvalue weighted by Gasteiger charge is -2.31. The summed E-state index contributed by atoms with van der Waals surface area (Å²) in [6.07, 6.45) is 0.830. The molecule has 3 aromatic carbocycles. The molecule has 7 heteroatoms. The molecular formula is C28H26N4O3. The second-order valence-corrected chi connectivity index (χ2v) is 8.89. The van der Waals surface area contributed by atoms with Gasteiger partial charge in [0.25, 0.3) is 5.91 Å². The summed E-state index contributed by atoms with van der Waals surface area (Å²) in [7, 11) is 0. The molecule has 0 fully saturated rings. The number of allylic oxidation sites excluding steroid dienone is 1. The number of aromatic nitrogens is 2. The number of anilines is 2. The van der Waals surface area contributed by atoms with E-state index in [0.29, 0.717) is 30.5 Å². The summed E-state index contributed by atoms with van der Waals surface area (Å²) >= 11 is 0. The first kappa shape index (κ1) is 21.3. The van der Waals surface area contributed by atoms with Crippen molar-refractivity contribution in [3.8, 4) is 11.5 Å². The molecule has 2 N–H and O–H groups in total. The fourth-order valence-electron chi connectivity index (χ4n) is 4.83. The first-order chi connectivity index (χ1) is 17.1. The summed E-state index contributed by atoms with van der Waals surface area (Å²) < 4.78 is 13.9. The molecule has 35 heavy (non-hydrogen) atoms. The van der Waals surface area contributed by atoms with E-state index in [1.54, 1.807) is 0 Å². The maximum atomic E-state index is 13.8. The lowest BCUT2D eigenvalue weighted by molar-refractivity contribution is -0.113. The highest BCUT2D eigenvalue weighted by molar-refractivity contribution is 6.06. The molecule has 0 spiro atoms. The molecule has 176 valence electrons. The van der Waals surface area contributed by atoms with Crippen LogP contribution in [0.3, 0.4) is 0 Å². The van der Waals surface area contributed by atoms with E-state index in [1.807, 2.05) is 80.6 Å². The zero-order chi connectivity index (χ0) is 23.9. The fraction of sp³-hybridized carbons (Fsp3) is 0.214. The van der Waals surface area contributed by atoms with E-state index in [0.717, 1.165) is 45.7 Å². The van der Waals surface area contributed by atoms with Gasteiger partial charge >= 0.3 is 0 Å². The number of nitrogens with one attached hydrogen (secondary N) is 2. The summed E-state index contributed by atoms with van der Waals surface area (Å²) in [6.45, 7) is 5.13. The van der Waals surface area contributed by atoms with Crippen LogP contribution in [-0.2, 0) is 4.79 Å². The molecule has 0 bridgehead atoms. The number of nitrogens with zero attached hydrogens (tertiary/aromatic N) is 2. The minimum Gasteiger partial charge on any atom is -0.490 e. The van der Waals surface area contributed by atoms with Gasteiger partial charge in [-0.25, -0.2) is 4.98 Å². The number of rotatable bonds is 3. The summed E-state index contributed by atoms with van der Waals surface area (Å²) in [5.74, 6) is 1.96. The quantitative estimate of drug-likeness (QED) is 0.421. The molecule has 4 aromatic rings. The minimum absolute atomic E-state index is 0.162. The lowest BCUT2D eigenvalue weighted by atomic mass is 9.93. The number of hydrogen-bond donors (Lipinski definition) is 2. The SMILES string of the molecule is CC1=C(C(=O)Nc2ccccc2C)C(c2ccc3c(c2)OCCCO3)n2c(nc3ccccc32)N1. The molecule has 0 radical (unpaired) electrons. The minimum atomic E-state index is -0.403. The number of imidazole rings is 1. The third-order valence-electron chi connectivity index (χ3n) is 6.56. The Balaban J connectivity index is 1.51. The van der Waals surface area contributed by atoms with Crippen molar-refractivity contribution in [2.75, 3.05) is 23.8 Å². The van der Waals surface area contributed by atoms with E-state index in [-0.39, 0.29) is 5.91 Å². The van der Waals surface area contributed by atoms with Gasteiger partial charge in [-0.05, 0) is 55.3 Å². The van der Waals surface area contributed by atoms with Crippen LogP contribution in [0.15, 0.2) is 78.0 Å². The molecular weight excluding hydrogens is 440 g/mol. The summed E-state index contributed by atoms with van der Waals surface area (Å²) in [5.41, 5.74) is 5.91. The number of para-hydroxylation sites is 3. The van der Waals surface area contributed by atoms with Crippen molar-refractivity contribution < 1.29 is 14.3 Å². The molecule has 0 saturated carbocycles. The van der Waals surface area contributed by atoms with E-state index >= 15 is 0 Å². The Hall–Kier alpha value is -4.26. The second kappa shape index (κ2) is 8.51. The van der Waals surface area contributed by atoms with Gasteiger partial charge in [0.2, 0.25) is 5.95 Å². The van der Waals surface area contributed by atoms with E-state index in [2.05, 4.69) is 15.2 Å². The van der Waals surface area contributed by atoms with Gasteiger partial charge in [-0.15, -0.1) is 0 Å². The largest absolute Gasteiger partial charge is 0.490 e.